The molecule has 0 saturated carbocycles. The Labute approximate surface area is 122 Å². The first kappa shape index (κ1) is 14.8. The predicted molar refractivity (Wildman–Crippen MR) is 77.7 cm³/mol. The second kappa shape index (κ2) is 6.73. The third-order valence-corrected chi connectivity index (χ3v) is 3.27. The molecule has 1 unspecified atom stereocenters. The Morgan fingerprint density at radius 3 is 2.55 bits per heavy atom. The van der Waals surface area contributed by atoms with Gasteiger partial charge in [0.25, 0.3) is 0 Å². The van der Waals surface area contributed by atoms with Gasteiger partial charge in [0.1, 0.15) is 17.7 Å². The number of ether oxygens (including phenoxy) is 1. The van der Waals surface area contributed by atoms with Crippen LogP contribution < -0.4 is 4.74 Å². The molecule has 0 aliphatic carbocycles. The molecule has 0 aliphatic heterocycles. The maximum Gasteiger partial charge on any atom is 0.123 e. The molecule has 0 fully saturated rings. The zero-order valence-electron chi connectivity index (χ0n) is 11.1. The summed E-state index contributed by atoms with van der Waals surface area (Å²) in [5.74, 6) is 0.319. The lowest BCUT2D eigenvalue weighted by molar-refractivity contribution is 0.219. The third kappa shape index (κ3) is 3.50. The molecule has 2 nitrogen and oxygen atoms in total. The van der Waals surface area contributed by atoms with E-state index < -0.39 is 11.9 Å². The van der Waals surface area contributed by atoms with Crippen LogP contribution in [0.5, 0.6) is 5.75 Å². The molecular weight excluding hydrogens is 279 g/mol. The van der Waals surface area contributed by atoms with Gasteiger partial charge in [-0.1, -0.05) is 30.7 Å². The van der Waals surface area contributed by atoms with Crippen LogP contribution in [-0.2, 0) is 0 Å². The number of benzene rings is 2. The highest BCUT2D eigenvalue weighted by molar-refractivity contribution is 6.31. The van der Waals surface area contributed by atoms with Gasteiger partial charge < -0.3 is 9.84 Å². The quantitative estimate of drug-likeness (QED) is 0.888. The van der Waals surface area contributed by atoms with E-state index in [-0.39, 0.29) is 0 Å². The Morgan fingerprint density at radius 1 is 1.20 bits per heavy atom. The summed E-state index contributed by atoms with van der Waals surface area (Å²) in [5.41, 5.74) is 0.996. The van der Waals surface area contributed by atoms with E-state index >= 15 is 0 Å². The highest BCUT2D eigenvalue weighted by Crippen LogP contribution is 2.29. The van der Waals surface area contributed by atoms with Crippen molar-refractivity contribution < 1.29 is 14.2 Å². The van der Waals surface area contributed by atoms with E-state index in [4.69, 9.17) is 16.3 Å². The van der Waals surface area contributed by atoms with E-state index in [0.29, 0.717) is 22.8 Å². The van der Waals surface area contributed by atoms with Gasteiger partial charge in [0.05, 0.1) is 6.61 Å². The van der Waals surface area contributed by atoms with Crippen molar-refractivity contribution in [1.82, 2.24) is 0 Å². The molecule has 0 aliphatic rings. The first-order valence-corrected chi connectivity index (χ1v) is 6.85. The molecule has 0 amide bonds. The van der Waals surface area contributed by atoms with Gasteiger partial charge in [-0.15, -0.1) is 0 Å². The van der Waals surface area contributed by atoms with Crippen molar-refractivity contribution in [2.75, 3.05) is 6.61 Å². The number of halogens is 2. The second-order valence-corrected chi connectivity index (χ2v) is 4.89. The van der Waals surface area contributed by atoms with Crippen molar-refractivity contribution in [2.24, 2.45) is 0 Å². The summed E-state index contributed by atoms with van der Waals surface area (Å²) in [4.78, 5) is 0. The average molecular weight is 295 g/mol. The fraction of sp³-hybridized carbons (Fsp3) is 0.250. The van der Waals surface area contributed by atoms with E-state index in [2.05, 4.69) is 0 Å². The van der Waals surface area contributed by atoms with Crippen LogP contribution >= 0.6 is 11.6 Å². The summed E-state index contributed by atoms with van der Waals surface area (Å²) in [6, 6.07) is 11.0. The van der Waals surface area contributed by atoms with E-state index in [1.54, 1.807) is 24.3 Å². The molecule has 1 N–H and O–H groups in total. The van der Waals surface area contributed by atoms with Crippen molar-refractivity contribution in [3.8, 4) is 5.75 Å². The SMILES string of the molecule is CCCOc1ccc(C(O)c2cc(F)ccc2Cl)cc1. The lowest BCUT2D eigenvalue weighted by Gasteiger charge is -2.14. The number of hydrogen-bond donors (Lipinski definition) is 1. The van der Waals surface area contributed by atoms with Crippen molar-refractivity contribution in [1.29, 1.82) is 0 Å². The fourth-order valence-electron chi connectivity index (χ4n) is 1.87. The van der Waals surface area contributed by atoms with Crippen molar-refractivity contribution in [2.45, 2.75) is 19.4 Å². The number of rotatable bonds is 5. The summed E-state index contributed by atoms with van der Waals surface area (Å²) in [7, 11) is 0. The molecule has 0 aromatic heterocycles. The Hall–Kier alpha value is -1.58. The number of hydrogen-bond acceptors (Lipinski definition) is 2. The van der Waals surface area contributed by atoms with Gasteiger partial charge in [0.15, 0.2) is 0 Å². The lowest BCUT2D eigenvalue weighted by atomic mass is 10.0. The van der Waals surface area contributed by atoms with Gasteiger partial charge in [-0.2, -0.15) is 0 Å². The van der Waals surface area contributed by atoms with Gasteiger partial charge in [0, 0.05) is 10.6 Å². The molecular formula is C16H16ClFO2. The van der Waals surface area contributed by atoms with Gasteiger partial charge in [0.2, 0.25) is 0 Å². The van der Waals surface area contributed by atoms with Crippen molar-refractivity contribution >= 4 is 11.6 Å². The predicted octanol–water partition coefficient (Wildman–Crippen LogP) is 4.35. The summed E-state index contributed by atoms with van der Waals surface area (Å²) < 4.78 is 18.7. The molecule has 2 aromatic rings. The Morgan fingerprint density at radius 2 is 1.90 bits per heavy atom. The largest absolute Gasteiger partial charge is 0.494 e. The summed E-state index contributed by atoms with van der Waals surface area (Å²) in [6.07, 6.45) is -0.0260. The minimum Gasteiger partial charge on any atom is -0.494 e. The highest BCUT2D eigenvalue weighted by atomic mass is 35.5. The molecule has 0 saturated heterocycles. The molecule has 0 radical (unpaired) electrons. The summed E-state index contributed by atoms with van der Waals surface area (Å²) in [6.45, 7) is 2.68. The maximum atomic E-state index is 13.2. The number of aliphatic hydroxyl groups excluding tert-OH is 1. The fourth-order valence-corrected chi connectivity index (χ4v) is 2.09. The summed E-state index contributed by atoms with van der Waals surface area (Å²) >= 11 is 5.99. The molecule has 0 bridgehead atoms. The van der Waals surface area contributed by atoms with E-state index in [1.165, 1.54) is 18.2 Å². The van der Waals surface area contributed by atoms with E-state index in [9.17, 15) is 9.50 Å². The van der Waals surface area contributed by atoms with Crippen molar-refractivity contribution in [3.05, 3.63) is 64.4 Å². The smallest absolute Gasteiger partial charge is 0.123 e. The monoisotopic (exact) mass is 294 g/mol. The summed E-state index contributed by atoms with van der Waals surface area (Å²) in [5, 5.41) is 10.6. The standard InChI is InChI=1S/C16H16ClFO2/c1-2-9-20-13-6-3-11(4-7-13)16(19)14-10-12(18)5-8-15(14)17/h3-8,10,16,19H,2,9H2,1H3. The van der Waals surface area contributed by atoms with Crippen LogP contribution in [-0.4, -0.2) is 11.7 Å². The zero-order chi connectivity index (χ0) is 14.5. The lowest BCUT2D eigenvalue weighted by Crippen LogP contribution is -2.02. The van der Waals surface area contributed by atoms with Gasteiger partial charge in [-0.3, -0.25) is 0 Å². The zero-order valence-corrected chi connectivity index (χ0v) is 11.9. The molecule has 2 aromatic carbocycles. The van der Waals surface area contributed by atoms with E-state index in [1.807, 2.05) is 6.92 Å². The second-order valence-electron chi connectivity index (χ2n) is 4.49. The van der Waals surface area contributed by atoms with Gasteiger partial charge in [-0.05, 0) is 42.3 Å². The van der Waals surface area contributed by atoms with Crippen molar-refractivity contribution in [3.63, 3.8) is 0 Å². The molecule has 1 atom stereocenters. The number of aliphatic hydroxyl groups is 1. The molecule has 4 heteroatoms. The minimum absolute atomic E-state index is 0.338. The normalized spacial score (nSPS) is 12.2. The first-order chi connectivity index (χ1) is 9.61. The first-order valence-electron chi connectivity index (χ1n) is 6.47. The van der Waals surface area contributed by atoms with Crippen LogP contribution in [0.2, 0.25) is 5.02 Å². The van der Waals surface area contributed by atoms with Crippen LogP contribution in [0.4, 0.5) is 4.39 Å². The van der Waals surface area contributed by atoms with Crippen LogP contribution in [0, 0.1) is 5.82 Å². The minimum atomic E-state index is -0.960. The Balaban J connectivity index is 2.20. The van der Waals surface area contributed by atoms with Crippen LogP contribution in [0.15, 0.2) is 42.5 Å². The van der Waals surface area contributed by atoms with Crippen LogP contribution in [0.1, 0.15) is 30.6 Å². The molecule has 20 heavy (non-hydrogen) atoms. The topological polar surface area (TPSA) is 29.5 Å². The third-order valence-electron chi connectivity index (χ3n) is 2.92. The van der Waals surface area contributed by atoms with Crippen LogP contribution in [0.3, 0.4) is 0 Å². The Kier molecular flexibility index (Phi) is 4.99. The van der Waals surface area contributed by atoms with E-state index in [0.717, 1.165) is 12.2 Å². The average Bonchev–Trinajstić information content (AvgIpc) is 2.47. The van der Waals surface area contributed by atoms with Crippen LogP contribution in [0.25, 0.3) is 0 Å². The Bertz CT molecular complexity index is 569. The highest BCUT2D eigenvalue weighted by Gasteiger charge is 2.14. The maximum absolute atomic E-state index is 13.2. The molecule has 0 spiro atoms. The van der Waals surface area contributed by atoms with Gasteiger partial charge >= 0.3 is 0 Å². The molecule has 2 rings (SSSR count). The van der Waals surface area contributed by atoms with Gasteiger partial charge in [-0.25, -0.2) is 4.39 Å². The molecule has 106 valence electrons. The molecule has 0 heterocycles.